The third kappa shape index (κ3) is 3.97. The Hall–Kier alpha value is -1.12. The van der Waals surface area contributed by atoms with E-state index in [1.807, 2.05) is 7.05 Å². The van der Waals surface area contributed by atoms with Gasteiger partial charge in [-0.1, -0.05) is 48.9 Å². The van der Waals surface area contributed by atoms with Gasteiger partial charge in [0.15, 0.2) is 0 Å². The van der Waals surface area contributed by atoms with Gasteiger partial charge in [-0.2, -0.15) is 0 Å². The summed E-state index contributed by atoms with van der Waals surface area (Å²) in [6.07, 6.45) is 8.58. The van der Waals surface area contributed by atoms with Crippen molar-refractivity contribution in [3.05, 3.63) is 42.0 Å². The van der Waals surface area contributed by atoms with Crippen molar-refractivity contribution in [1.82, 2.24) is 10.2 Å². The zero-order chi connectivity index (χ0) is 12.6. The summed E-state index contributed by atoms with van der Waals surface area (Å²) in [6.45, 7) is 3.42. The van der Waals surface area contributed by atoms with E-state index in [0.29, 0.717) is 6.04 Å². The molecule has 0 amide bonds. The van der Waals surface area contributed by atoms with E-state index < -0.39 is 0 Å². The van der Waals surface area contributed by atoms with Crippen LogP contribution in [0.25, 0.3) is 6.08 Å². The average molecular weight is 244 g/mol. The summed E-state index contributed by atoms with van der Waals surface area (Å²) in [5.41, 5.74) is 1.29. The van der Waals surface area contributed by atoms with Crippen LogP contribution < -0.4 is 5.32 Å². The Morgan fingerprint density at radius 2 is 2.11 bits per heavy atom. The number of hydrogen-bond acceptors (Lipinski definition) is 2. The molecule has 18 heavy (non-hydrogen) atoms. The molecule has 0 radical (unpaired) electrons. The van der Waals surface area contributed by atoms with Crippen molar-refractivity contribution in [1.29, 1.82) is 0 Å². The minimum atomic E-state index is 0.712. The maximum absolute atomic E-state index is 3.31. The lowest BCUT2D eigenvalue weighted by Crippen LogP contribution is -2.44. The minimum absolute atomic E-state index is 0.712. The third-order valence-corrected chi connectivity index (χ3v) is 3.64. The largest absolute Gasteiger partial charge is 0.318 e. The van der Waals surface area contributed by atoms with E-state index in [2.05, 4.69) is 52.7 Å². The van der Waals surface area contributed by atoms with Crippen LogP contribution in [-0.4, -0.2) is 37.6 Å². The molecule has 1 unspecified atom stereocenters. The Morgan fingerprint density at radius 1 is 1.28 bits per heavy atom. The summed E-state index contributed by atoms with van der Waals surface area (Å²) < 4.78 is 0. The van der Waals surface area contributed by atoms with Gasteiger partial charge in [0.25, 0.3) is 0 Å². The van der Waals surface area contributed by atoms with Crippen molar-refractivity contribution in [3.63, 3.8) is 0 Å². The molecule has 1 aliphatic heterocycles. The van der Waals surface area contributed by atoms with Gasteiger partial charge in [0.1, 0.15) is 0 Å². The van der Waals surface area contributed by atoms with Gasteiger partial charge in [0.05, 0.1) is 0 Å². The highest BCUT2D eigenvalue weighted by atomic mass is 15.2. The molecule has 1 N–H and O–H groups in total. The Labute approximate surface area is 111 Å². The van der Waals surface area contributed by atoms with Crippen LogP contribution in [-0.2, 0) is 0 Å². The van der Waals surface area contributed by atoms with Crippen LogP contribution in [0, 0.1) is 0 Å². The second kappa shape index (κ2) is 7.34. The molecule has 0 bridgehead atoms. The first-order valence-corrected chi connectivity index (χ1v) is 7.00. The molecule has 0 aromatic heterocycles. The van der Waals surface area contributed by atoms with Crippen LogP contribution in [0.2, 0.25) is 0 Å². The topological polar surface area (TPSA) is 15.3 Å². The van der Waals surface area contributed by atoms with Gasteiger partial charge in [-0.15, -0.1) is 0 Å². The molecule has 1 saturated heterocycles. The summed E-state index contributed by atoms with van der Waals surface area (Å²) in [6, 6.07) is 11.2. The Kier molecular flexibility index (Phi) is 5.43. The molecule has 2 heteroatoms. The van der Waals surface area contributed by atoms with E-state index in [1.54, 1.807) is 0 Å². The van der Waals surface area contributed by atoms with Gasteiger partial charge in [-0.3, -0.25) is 4.90 Å². The predicted octanol–water partition coefficient (Wildman–Crippen LogP) is 2.77. The highest BCUT2D eigenvalue weighted by Crippen LogP contribution is 2.16. The van der Waals surface area contributed by atoms with E-state index in [-0.39, 0.29) is 0 Å². The van der Waals surface area contributed by atoms with E-state index in [1.165, 1.54) is 31.4 Å². The van der Waals surface area contributed by atoms with E-state index >= 15 is 0 Å². The van der Waals surface area contributed by atoms with Gasteiger partial charge in [-0.05, 0) is 32.0 Å². The molecule has 1 aromatic carbocycles. The van der Waals surface area contributed by atoms with E-state index in [4.69, 9.17) is 0 Å². The lowest BCUT2D eigenvalue weighted by Gasteiger charge is -2.34. The van der Waals surface area contributed by atoms with Crippen LogP contribution in [0.3, 0.4) is 0 Å². The van der Waals surface area contributed by atoms with Gasteiger partial charge < -0.3 is 5.32 Å². The predicted molar refractivity (Wildman–Crippen MR) is 78.6 cm³/mol. The third-order valence-electron chi connectivity index (χ3n) is 3.64. The highest BCUT2D eigenvalue weighted by Gasteiger charge is 2.19. The smallest absolute Gasteiger partial charge is 0.0223 e. The number of likely N-dealkylation sites (N-methyl/N-ethyl adjacent to an activating group) is 1. The fourth-order valence-corrected chi connectivity index (χ4v) is 2.66. The average Bonchev–Trinajstić information content (AvgIpc) is 2.42. The van der Waals surface area contributed by atoms with E-state index in [9.17, 15) is 0 Å². The summed E-state index contributed by atoms with van der Waals surface area (Å²) >= 11 is 0. The first-order valence-electron chi connectivity index (χ1n) is 7.00. The maximum atomic E-state index is 3.31. The van der Waals surface area contributed by atoms with Crippen molar-refractivity contribution < 1.29 is 0 Å². The van der Waals surface area contributed by atoms with Gasteiger partial charge in [-0.25, -0.2) is 0 Å². The fraction of sp³-hybridized carbons (Fsp3) is 0.500. The van der Waals surface area contributed by atoms with Gasteiger partial charge in [0, 0.05) is 19.1 Å². The molecule has 1 aliphatic rings. The number of likely N-dealkylation sites (tertiary alicyclic amines) is 1. The molecule has 0 saturated carbocycles. The molecular weight excluding hydrogens is 220 g/mol. The molecule has 1 fully saturated rings. The quantitative estimate of drug-likeness (QED) is 0.857. The Morgan fingerprint density at radius 3 is 2.89 bits per heavy atom. The van der Waals surface area contributed by atoms with Crippen molar-refractivity contribution in [2.24, 2.45) is 0 Å². The summed E-state index contributed by atoms with van der Waals surface area (Å²) in [5, 5.41) is 3.31. The normalized spacial score (nSPS) is 21.5. The van der Waals surface area contributed by atoms with Crippen molar-refractivity contribution in [3.8, 4) is 0 Å². The summed E-state index contributed by atoms with van der Waals surface area (Å²) in [4.78, 5) is 2.60. The molecule has 2 nitrogen and oxygen atoms in total. The molecule has 1 atom stereocenters. The van der Waals surface area contributed by atoms with E-state index in [0.717, 1.165) is 13.1 Å². The molecule has 0 spiro atoms. The fourth-order valence-electron chi connectivity index (χ4n) is 2.66. The minimum Gasteiger partial charge on any atom is -0.318 e. The number of rotatable bonds is 5. The lowest BCUT2D eigenvalue weighted by molar-refractivity contribution is 0.164. The van der Waals surface area contributed by atoms with Crippen LogP contribution in [0.15, 0.2) is 36.4 Å². The lowest BCUT2D eigenvalue weighted by atomic mass is 10.0. The zero-order valence-electron chi connectivity index (χ0n) is 11.3. The van der Waals surface area contributed by atoms with Crippen molar-refractivity contribution in [2.45, 2.75) is 25.3 Å². The first kappa shape index (κ1) is 13.3. The molecule has 0 aliphatic carbocycles. The first-order chi connectivity index (χ1) is 8.90. The second-order valence-corrected chi connectivity index (χ2v) is 5.02. The molecule has 98 valence electrons. The molecule has 1 aromatic rings. The van der Waals surface area contributed by atoms with Crippen LogP contribution >= 0.6 is 0 Å². The number of nitrogens with zero attached hydrogens (tertiary/aromatic N) is 1. The van der Waals surface area contributed by atoms with Gasteiger partial charge >= 0.3 is 0 Å². The maximum Gasteiger partial charge on any atom is 0.0223 e. The standard InChI is InChI=1S/C16H24N2/c1-17-14-16-11-5-6-12-18(16)13-7-10-15-8-3-2-4-9-15/h2-4,7-10,16-17H,5-6,11-14H2,1H3. The number of hydrogen-bond donors (Lipinski definition) is 1. The Balaban J connectivity index is 1.86. The van der Waals surface area contributed by atoms with Crippen LogP contribution in [0.5, 0.6) is 0 Å². The van der Waals surface area contributed by atoms with Crippen LogP contribution in [0.1, 0.15) is 24.8 Å². The number of piperidine rings is 1. The second-order valence-electron chi connectivity index (χ2n) is 5.02. The summed E-state index contributed by atoms with van der Waals surface area (Å²) in [5.74, 6) is 0. The molecule has 1 heterocycles. The molecular formula is C16H24N2. The Bertz CT molecular complexity index is 357. The van der Waals surface area contributed by atoms with Crippen molar-refractivity contribution in [2.75, 3.05) is 26.7 Å². The number of nitrogens with one attached hydrogen (secondary N) is 1. The highest BCUT2D eigenvalue weighted by molar-refractivity contribution is 5.48. The summed E-state index contributed by atoms with van der Waals surface area (Å²) in [7, 11) is 2.05. The van der Waals surface area contributed by atoms with Crippen LogP contribution in [0.4, 0.5) is 0 Å². The van der Waals surface area contributed by atoms with Gasteiger partial charge in [0.2, 0.25) is 0 Å². The SMILES string of the molecule is CNCC1CCCCN1CC=Cc1ccccc1. The van der Waals surface area contributed by atoms with Crippen molar-refractivity contribution >= 4 is 6.08 Å². The molecule has 2 rings (SSSR count). The number of benzene rings is 1. The zero-order valence-corrected chi connectivity index (χ0v) is 11.3. The monoisotopic (exact) mass is 244 g/mol.